The summed E-state index contributed by atoms with van der Waals surface area (Å²) in [5.41, 5.74) is 1.92. The van der Waals surface area contributed by atoms with E-state index in [0.29, 0.717) is 36.9 Å². The molecular formula is C37H49ClN2O7S2. The fourth-order valence-corrected chi connectivity index (χ4v) is 11.1. The van der Waals surface area contributed by atoms with Gasteiger partial charge < -0.3 is 14.4 Å². The van der Waals surface area contributed by atoms with Crippen molar-refractivity contribution in [2.75, 3.05) is 37.5 Å². The van der Waals surface area contributed by atoms with Gasteiger partial charge in [0.15, 0.2) is 9.84 Å². The summed E-state index contributed by atoms with van der Waals surface area (Å²) in [6.07, 6.45) is 8.61. The Hall–Kier alpha value is -2.60. The summed E-state index contributed by atoms with van der Waals surface area (Å²) in [6, 6.07) is 11.2. The zero-order valence-corrected chi connectivity index (χ0v) is 31.5. The number of aryl methyl sites for hydroxylation is 1. The Bertz CT molecular complexity index is 1850. The zero-order valence-electron chi connectivity index (χ0n) is 29.1. The van der Waals surface area contributed by atoms with Crippen molar-refractivity contribution in [3.05, 3.63) is 70.3 Å². The molecular weight excluding hydrogens is 684 g/mol. The van der Waals surface area contributed by atoms with Crippen LogP contribution in [0.3, 0.4) is 0 Å². The molecule has 12 heteroatoms. The molecule has 4 aliphatic rings. The molecule has 268 valence electrons. The third-order valence-electron chi connectivity index (χ3n) is 11.8. The van der Waals surface area contributed by atoms with Crippen LogP contribution in [-0.2, 0) is 36.4 Å². The summed E-state index contributed by atoms with van der Waals surface area (Å²) in [5, 5.41) is -0.764. The summed E-state index contributed by atoms with van der Waals surface area (Å²) in [7, 11) is -5.97. The number of carbonyl (C=O) groups is 1. The number of anilines is 1. The molecule has 0 aromatic heterocycles. The topological polar surface area (TPSA) is 119 Å². The molecule has 1 amide bonds. The molecule has 49 heavy (non-hydrogen) atoms. The van der Waals surface area contributed by atoms with Crippen molar-refractivity contribution in [2.24, 2.45) is 17.8 Å². The van der Waals surface area contributed by atoms with Crippen molar-refractivity contribution < 1.29 is 31.1 Å². The predicted octanol–water partition coefficient (Wildman–Crippen LogP) is 6.09. The first kappa shape index (κ1) is 36.2. The minimum Gasteiger partial charge on any atom is -0.490 e. The van der Waals surface area contributed by atoms with Gasteiger partial charge in [-0.25, -0.2) is 21.6 Å². The number of carbonyl (C=O) groups excluding carboxylic acids is 1. The van der Waals surface area contributed by atoms with E-state index in [1.807, 2.05) is 31.2 Å². The second-order valence-electron chi connectivity index (χ2n) is 15.0. The number of halogens is 1. The fraction of sp³-hybridized carbons (Fsp3) is 0.595. The Morgan fingerprint density at radius 2 is 1.92 bits per heavy atom. The van der Waals surface area contributed by atoms with Gasteiger partial charge in [0.05, 0.1) is 28.5 Å². The van der Waals surface area contributed by atoms with Gasteiger partial charge in [0.1, 0.15) is 11.4 Å². The van der Waals surface area contributed by atoms with Gasteiger partial charge in [0.2, 0.25) is 10.0 Å². The lowest BCUT2D eigenvalue weighted by Crippen LogP contribution is -2.55. The first-order valence-electron chi connectivity index (χ1n) is 17.4. The Morgan fingerprint density at radius 1 is 1.14 bits per heavy atom. The lowest BCUT2D eigenvalue weighted by Gasteiger charge is -2.50. The van der Waals surface area contributed by atoms with Gasteiger partial charge in [0, 0.05) is 36.2 Å². The summed E-state index contributed by atoms with van der Waals surface area (Å²) in [6.45, 7) is 8.43. The summed E-state index contributed by atoms with van der Waals surface area (Å²) >= 11 is 6.44. The van der Waals surface area contributed by atoms with E-state index >= 15 is 0 Å². The largest absolute Gasteiger partial charge is 0.490 e. The first-order chi connectivity index (χ1) is 23.1. The first-order valence-corrected chi connectivity index (χ1v) is 21.0. The fourth-order valence-electron chi connectivity index (χ4n) is 8.27. The average Bonchev–Trinajstić information content (AvgIpc) is 3.18. The molecule has 0 radical (unpaired) electrons. The number of sulfonamides is 1. The number of fused-ring (bicyclic) bond motifs is 4. The number of sulfone groups is 1. The third-order valence-corrected chi connectivity index (χ3v) is 16.2. The highest BCUT2D eigenvalue weighted by molar-refractivity contribution is 7.92. The van der Waals surface area contributed by atoms with Crippen molar-refractivity contribution in [1.29, 1.82) is 0 Å². The van der Waals surface area contributed by atoms with E-state index in [9.17, 15) is 21.6 Å². The summed E-state index contributed by atoms with van der Waals surface area (Å²) in [4.78, 5) is 15.8. The molecule has 0 saturated heterocycles. The highest BCUT2D eigenvalue weighted by Gasteiger charge is 2.51. The maximum Gasteiger partial charge on any atom is 0.264 e. The Labute approximate surface area is 296 Å². The minimum atomic E-state index is -4.04. The summed E-state index contributed by atoms with van der Waals surface area (Å²) < 4.78 is 69.2. The lowest BCUT2D eigenvalue weighted by molar-refractivity contribution is -0.0598. The van der Waals surface area contributed by atoms with E-state index in [4.69, 9.17) is 21.1 Å². The average molecular weight is 733 g/mol. The van der Waals surface area contributed by atoms with E-state index < -0.39 is 41.9 Å². The van der Waals surface area contributed by atoms with Gasteiger partial charge in [-0.15, -0.1) is 0 Å². The van der Waals surface area contributed by atoms with Crippen molar-refractivity contribution in [3.63, 3.8) is 0 Å². The van der Waals surface area contributed by atoms with Crippen molar-refractivity contribution in [1.82, 2.24) is 4.72 Å². The molecule has 2 aromatic carbocycles. The number of allylic oxidation sites excluding steroid dienone is 1. The molecule has 1 spiro atoms. The SMILES string of the molecule is CO[C@]1(CS(=O)(=O)C(C)C)/C=C/C[C@H](C)[C@@H](C)S(=O)(=O)NC(=O)c2ccc3c(c2)N(C[C@@H]2CC[C@H]21)C[C@@]1(CCCc2cc(Cl)ccc21)CO3. The van der Waals surface area contributed by atoms with Crippen molar-refractivity contribution in [2.45, 2.75) is 87.7 Å². The van der Waals surface area contributed by atoms with Crippen LogP contribution >= 0.6 is 11.6 Å². The van der Waals surface area contributed by atoms with Crippen LogP contribution in [0, 0.1) is 17.8 Å². The van der Waals surface area contributed by atoms with Crippen LogP contribution in [0.15, 0.2) is 48.6 Å². The number of benzene rings is 2. The number of nitrogens with one attached hydrogen (secondary N) is 1. The van der Waals surface area contributed by atoms with E-state index in [1.54, 1.807) is 46.1 Å². The van der Waals surface area contributed by atoms with Crippen molar-refractivity contribution in [3.8, 4) is 5.75 Å². The molecule has 1 saturated carbocycles. The van der Waals surface area contributed by atoms with Crippen LogP contribution in [0.1, 0.15) is 81.3 Å². The molecule has 9 nitrogen and oxygen atoms in total. The number of rotatable bonds is 4. The smallest absolute Gasteiger partial charge is 0.264 e. The monoisotopic (exact) mass is 732 g/mol. The lowest BCUT2D eigenvalue weighted by atomic mass is 9.64. The van der Waals surface area contributed by atoms with Gasteiger partial charge in [-0.3, -0.25) is 4.79 Å². The second kappa shape index (κ2) is 13.5. The van der Waals surface area contributed by atoms with Gasteiger partial charge in [-0.2, -0.15) is 0 Å². The van der Waals surface area contributed by atoms with Crippen LogP contribution in [0.25, 0.3) is 0 Å². The molecule has 6 atom stereocenters. The molecule has 0 unspecified atom stereocenters. The summed E-state index contributed by atoms with van der Waals surface area (Å²) in [5.74, 6) is -0.587. The Balaban J connectivity index is 1.48. The quantitative estimate of drug-likeness (QED) is 0.376. The molecule has 2 aromatic rings. The number of nitrogens with zero attached hydrogens (tertiary/aromatic N) is 1. The molecule has 1 N–H and O–H groups in total. The van der Waals surface area contributed by atoms with Crippen LogP contribution in [0.4, 0.5) is 5.69 Å². The van der Waals surface area contributed by atoms with E-state index in [2.05, 4.69) is 15.7 Å². The van der Waals surface area contributed by atoms with Crippen LogP contribution in [0.2, 0.25) is 5.02 Å². The maximum atomic E-state index is 13.5. The molecule has 2 aliphatic heterocycles. The van der Waals surface area contributed by atoms with E-state index in [1.165, 1.54) is 11.1 Å². The van der Waals surface area contributed by atoms with Crippen LogP contribution in [0.5, 0.6) is 5.75 Å². The van der Waals surface area contributed by atoms with Crippen LogP contribution in [-0.4, -0.2) is 71.4 Å². The third kappa shape index (κ3) is 6.89. The highest BCUT2D eigenvalue weighted by Crippen LogP contribution is 2.49. The zero-order chi connectivity index (χ0) is 35.4. The minimum absolute atomic E-state index is 0.0883. The molecule has 2 bridgehead atoms. The van der Waals surface area contributed by atoms with E-state index in [-0.39, 0.29) is 34.5 Å². The Morgan fingerprint density at radius 3 is 2.61 bits per heavy atom. The van der Waals surface area contributed by atoms with Gasteiger partial charge >= 0.3 is 0 Å². The normalized spacial score (nSPS) is 32.2. The molecule has 2 aliphatic carbocycles. The van der Waals surface area contributed by atoms with Crippen LogP contribution < -0.4 is 14.4 Å². The Kier molecular flexibility index (Phi) is 9.98. The predicted molar refractivity (Wildman–Crippen MR) is 194 cm³/mol. The number of hydrogen-bond donors (Lipinski definition) is 1. The number of methoxy groups -OCH3 is 1. The molecule has 1 fully saturated rings. The number of amides is 1. The second-order valence-corrected chi connectivity index (χ2v) is 20.1. The number of hydrogen-bond acceptors (Lipinski definition) is 8. The van der Waals surface area contributed by atoms with Gasteiger partial charge in [0.25, 0.3) is 5.91 Å². The molecule has 6 rings (SSSR count). The maximum absolute atomic E-state index is 13.5. The molecule has 2 heterocycles. The van der Waals surface area contributed by atoms with Crippen molar-refractivity contribution >= 4 is 43.1 Å². The van der Waals surface area contributed by atoms with E-state index in [0.717, 1.165) is 37.8 Å². The van der Waals surface area contributed by atoms with Gasteiger partial charge in [-0.1, -0.05) is 36.7 Å². The standard InChI is InChI=1S/C37H49ClN2O7S2/c1-24(2)48(42,43)23-37(46-5)17-6-8-25(3)26(4)49(44,45)39-35(41)28-11-15-34-33(19-28)40(20-29-10-13-32(29)37)21-36(22-47-34)16-7-9-27-18-30(38)12-14-31(27)36/h6,11-12,14-15,17-19,24-26,29,32H,7-10,13,16,20-23H2,1-5H3,(H,39,41)/b17-6+/t25-,26+,29-,32+,36-,37-/m0/s1. The highest BCUT2D eigenvalue weighted by atomic mass is 35.5. The number of ether oxygens (including phenoxy) is 2. The van der Waals surface area contributed by atoms with Gasteiger partial charge in [-0.05, 0) is 119 Å².